The normalized spacial score (nSPS) is 21.0. The van der Waals surface area contributed by atoms with Gasteiger partial charge in [0.1, 0.15) is 16.3 Å². The lowest BCUT2D eigenvalue weighted by Crippen LogP contribution is -2.44. The van der Waals surface area contributed by atoms with E-state index < -0.39 is 12.6 Å². The summed E-state index contributed by atoms with van der Waals surface area (Å²) in [5, 5.41) is 20.7. The Labute approximate surface area is 329 Å². The fourth-order valence-corrected chi connectivity index (χ4v) is 9.59. The molecule has 0 saturated carbocycles. The molecule has 8 rings (SSSR count). The smallest absolute Gasteiger partial charge is 0.387 e. The molecule has 0 spiro atoms. The first-order valence-electron chi connectivity index (χ1n) is 18.1. The highest BCUT2D eigenvalue weighted by Crippen LogP contribution is 2.44. The third-order valence-corrected chi connectivity index (χ3v) is 12.5. The van der Waals surface area contributed by atoms with Crippen LogP contribution in [0.25, 0.3) is 32.6 Å². The number of piperidine rings is 1. The molecule has 3 aromatic heterocycles. The van der Waals surface area contributed by atoms with E-state index in [1.807, 2.05) is 30.3 Å². The number of thiazole rings is 1. The molecule has 2 unspecified atom stereocenters. The molecule has 5 aromatic rings. The number of hydrogen-bond donors (Lipinski definition) is 4. The van der Waals surface area contributed by atoms with Crippen molar-refractivity contribution in [1.29, 1.82) is 0 Å². The van der Waals surface area contributed by atoms with E-state index in [1.54, 1.807) is 29.7 Å². The van der Waals surface area contributed by atoms with Crippen LogP contribution in [0.15, 0.2) is 60.9 Å². The summed E-state index contributed by atoms with van der Waals surface area (Å²) in [6.45, 7) is -1.69. The Hall–Kier alpha value is -4.47. The van der Waals surface area contributed by atoms with Gasteiger partial charge >= 0.3 is 12.6 Å². The highest BCUT2D eigenvalue weighted by Gasteiger charge is 2.43. The molecule has 16 heteroatoms. The van der Waals surface area contributed by atoms with E-state index in [4.69, 9.17) is 32.9 Å². The van der Waals surface area contributed by atoms with E-state index >= 15 is 0 Å². The number of carbonyl (C=O) groups excluding carboxylic acids is 1. The second-order valence-electron chi connectivity index (χ2n) is 14.1. The lowest BCUT2D eigenvalue weighted by molar-refractivity contribution is -0.144. The van der Waals surface area contributed by atoms with Crippen LogP contribution in [0.3, 0.4) is 0 Å². The zero-order valence-corrected chi connectivity index (χ0v) is 31.7. The molecule has 3 fully saturated rings. The van der Waals surface area contributed by atoms with Crippen LogP contribution in [0.2, 0.25) is 10.0 Å². The van der Waals surface area contributed by atoms with Crippen LogP contribution in [-0.4, -0.2) is 68.1 Å². The molecular formula is C39H37Cl2F2N7O4S. The number of alkyl halides is 2. The first-order valence-corrected chi connectivity index (χ1v) is 19.7. The van der Waals surface area contributed by atoms with E-state index in [2.05, 4.69) is 30.8 Å². The Bertz CT molecular complexity index is 2250. The number of halogens is 4. The van der Waals surface area contributed by atoms with Gasteiger partial charge in [0.05, 0.1) is 38.6 Å². The molecule has 0 aliphatic carbocycles. The molecule has 3 atom stereocenters. The van der Waals surface area contributed by atoms with Crippen molar-refractivity contribution >= 4 is 68.1 Å². The SMILES string of the molecule is O=C1CC[C@@H](CNCc2cnc(-c3cccc(-c4cccc(Nc5nccc6sc(CN7C8CCC7CC(C(=O)O)C8)nc56)c4Cl)c3Cl)cc2OC(F)F)N1. The quantitative estimate of drug-likeness (QED) is 0.0919. The van der Waals surface area contributed by atoms with E-state index in [1.165, 1.54) is 12.3 Å². The minimum atomic E-state index is -3.05. The maximum atomic E-state index is 13.5. The van der Waals surface area contributed by atoms with Crippen LogP contribution in [0, 0.1) is 5.92 Å². The Morgan fingerprint density at radius 3 is 2.51 bits per heavy atom. The van der Waals surface area contributed by atoms with Gasteiger partial charge in [-0.25, -0.2) is 9.97 Å². The molecule has 1 amide bonds. The number of nitrogens with one attached hydrogen (secondary N) is 3. The fourth-order valence-electron chi connectivity index (χ4n) is 8.01. The number of carbonyl (C=O) groups is 2. The van der Waals surface area contributed by atoms with Gasteiger partial charge in [-0.3, -0.25) is 19.5 Å². The molecule has 2 bridgehead atoms. The van der Waals surface area contributed by atoms with Gasteiger partial charge in [0.2, 0.25) is 5.91 Å². The van der Waals surface area contributed by atoms with Crippen LogP contribution < -0.4 is 20.7 Å². The summed E-state index contributed by atoms with van der Waals surface area (Å²) in [6, 6.07) is 14.8. The van der Waals surface area contributed by atoms with Crippen LogP contribution >= 0.6 is 34.5 Å². The number of hydrogen-bond acceptors (Lipinski definition) is 10. The molecule has 11 nitrogen and oxygen atoms in total. The maximum absolute atomic E-state index is 13.5. The summed E-state index contributed by atoms with van der Waals surface area (Å²) in [7, 11) is 0. The highest BCUT2D eigenvalue weighted by atomic mass is 35.5. The number of rotatable bonds is 13. The lowest BCUT2D eigenvalue weighted by Gasteiger charge is -2.36. The van der Waals surface area contributed by atoms with Crippen molar-refractivity contribution in [2.75, 3.05) is 11.9 Å². The summed E-state index contributed by atoms with van der Waals surface area (Å²) < 4.78 is 32.9. The van der Waals surface area contributed by atoms with E-state index in [-0.39, 0.29) is 42.2 Å². The summed E-state index contributed by atoms with van der Waals surface area (Å²) >= 11 is 15.7. The zero-order chi connectivity index (χ0) is 38.2. The summed E-state index contributed by atoms with van der Waals surface area (Å²) in [5.74, 6) is -0.468. The molecule has 2 aromatic carbocycles. The molecule has 6 heterocycles. The molecule has 4 N–H and O–H groups in total. The summed E-state index contributed by atoms with van der Waals surface area (Å²) in [4.78, 5) is 39.8. The number of pyridine rings is 2. The number of anilines is 2. The number of aliphatic carboxylic acids is 1. The maximum Gasteiger partial charge on any atom is 0.387 e. The second kappa shape index (κ2) is 15.9. The number of aromatic nitrogens is 3. The largest absolute Gasteiger partial charge is 0.481 e. The minimum absolute atomic E-state index is 0.00155. The van der Waals surface area contributed by atoms with Gasteiger partial charge in [-0.05, 0) is 44.2 Å². The Morgan fingerprint density at radius 1 is 1.04 bits per heavy atom. The van der Waals surface area contributed by atoms with Crippen molar-refractivity contribution in [2.24, 2.45) is 5.92 Å². The van der Waals surface area contributed by atoms with Crippen molar-refractivity contribution in [3.05, 3.63) is 81.5 Å². The Kier molecular flexibility index (Phi) is 10.9. The van der Waals surface area contributed by atoms with Crippen molar-refractivity contribution in [2.45, 2.75) is 76.4 Å². The van der Waals surface area contributed by atoms with Gasteiger partial charge in [0, 0.05) is 78.3 Å². The number of carboxylic acid groups (broad SMARTS) is 1. The van der Waals surface area contributed by atoms with Crippen molar-refractivity contribution in [1.82, 2.24) is 30.5 Å². The molecule has 3 saturated heterocycles. The van der Waals surface area contributed by atoms with Crippen molar-refractivity contribution < 1.29 is 28.2 Å². The zero-order valence-electron chi connectivity index (χ0n) is 29.4. The number of amides is 1. The average molecular weight is 809 g/mol. The average Bonchev–Trinajstić information content (AvgIpc) is 3.83. The van der Waals surface area contributed by atoms with Crippen LogP contribution in [0.1, 0.15) is 49.1 Å². The van der Waals surface area contributed by atoms with Crippen LogP contribution in [-0.2, 0) is 22.7 Å². The first kappa shape index (κ1) is 37.5. The highest BCUT2D eigenvalue weighted by molar-refractivity contribution is 7.18. The van der Waals surface area contributed by atoms with Gasteiger partial charge in [0.15, 0.2) is 5.82 Å². The summed E-state index contributed by atoms with van der Waals surface area (Å²) in [5.41, 5.74) is 3.83. The van der Waals surface area contributed by atoms with Crippen molar-refractivity contribution in [3.8, 4) is 28.1 Å². The van der Waals surface area contributed by atoms with E-state index in [9.17, 15) is 23.5 Å². The lowest BCUT2D eigenvalue weighted by atomic mass is 9.91. The molecule has 3 aliphatic heterocycles. The number of fused-ring (bicyclic) bond motifs is 3. The van der Waals surface area contributed by atoms with Gasteiger partial charge in [-0.2, -0.15) is 8.78 Å². The van der Waals surface area contributed by atoms with Gasteiger partial charge in [-0.15, -0.1) is 11.3 Å². The number of benzene rings is 2. The molecule has 286 valence electrons. The fraction of sp³-hybridized carbons (Fsp3) is 0.359. The third-order valence-electron chi connectivity index (χ3n) is 10.7. The predicted octanol–water partition coefficient (Wildman–Crippen LogP) is 8.27. The van der Waals surface area contributed by atoms with Crippen LogP contribution in [0.5, 0.6) is 5.75 Å². The molecule has 0 radical (unpaired) electrons. The minimum Gasteiger partial charge on any atom is -0.481 e. The van der Waals surface area contributed by atoms with Gasteiger partial charge < -0.3 is 25.8 Å². The van der Waals surface area contributed by atoms with Gasteiger partial charge in [0.25, 0.3) is 0 Å². The topological polar surface area (TPSA) is 142 Å². The number of ether oxygens (including phenoxy) is 1. The summed E-state index contributed by atoms with van der Waals surface area (Å²) in [6.07, 6.45) is 7.75. The number of nitrogens with zero attached hydrogens (tertiary/aromatic N) is 4. The standard InChI is InChI=1S/C39H37Cl2F2N7O4S/c40-34-25(3-1-5-27(34)29-15-30(54-39(42)43)21(17-46-29)16-44-18-22-7-10-32(51)47-22)26-4-2-6-28(35(26)41)48-37-36-31(11-12-45-37)55-33(49-36)19-50-23-8-9-24(50)14-20(13-23)38(52)53/h1-6,11-12,15,17,20,22-24,39,44H,7-10,13-14,16,18-19H2,(H,45,48)(H,47,51)(H,52,53)/t20?,22-,23?,24?/m0/s1. The molecule has 3 aliphatic rings. The first-order chi connectivity index (χ1) is 26.6. The molecule has 55 heavy (non-hydrogen) atoms. The Balaban J connectivity index is 1.02. The molecular weight excluding hydrogens is 771 g/mol. The van der Waals surface area contributed by atoms with Gasteiger partial charge in [-0.1, -0.05) is 53.5 Å². The van der Waals surface area contributed by atoms with E-state index in [0.717, 1.165) is 22.5 Å². The number of carboxylic acids is 1. The predicted molar refractivity (Wildman–Crippen MR) is 208 cm³/mol. The second-order valence-corrected chi connectivity index (χ2v) is 16.0. The van der Waals surface area contributed by atoms with E-state index in [0.29, 0.717) is 93.8 Å². The Morgan fingerprint density at radius 2 is 1.78 bits per heavy atom. The third kappa shape index (κ3) is 7.96. The monoisotopic (exact) mass is 807 g/mol. The van der Waals surface area contributed by atoms with Crippen LogP contribution in [0.4, 0.5) is 20.3 Å². The van der Waals surface area contributed by atoms with Crippen molar-refractivity contribution in [3.63, 3.8) is 0 Å².